The van der Waals surface area contributed by atoms with Crippen molar-refractivity contribution in [1.82, 2.24) is 4.31 Å². The fourth-order valence-corrected chi connectivity index (χ4v) is 5.57. The zero-order chi connectivity index (χ0) is 20.8. The molecule has 0 aliphatic carbocycles. The summed E-state index contributed by atoms with van der Waals surface area (Å²) in [6, 6.07) is 2.44. The number of amides is 1. The number of carbonyl (C=O) groups is 1. The van der Waals surface area contributed by atoms with Crippen LogP contribution in [-0.2, 0) is 16.2 Å². The molecule has 1 aromatic rings. The fourth-order valence-electron chi connectivity index (χ4n) is 3.19. The van der Waals surface area contributed by atoms with Crippen LogP contribution >= 0.6 is 15.9 Å². The van der Waals surface area contributed by atoms with E-state index in [9.17, 15) is 31.5 Å². The van der Waals surface area contributed by atoms with Crippen molar-refractivity contribution in [2.75, 3.05) is 26.2 Å². The van der Waals surface area contributed by atoms with Crippen LogP contribution in [0.3, 0.4) is 0 Å². The number of nitrogens with zero attached hydrogens (tertiary/aromatic N) is 2. The maximum Gasteiger partial charge on any atom is 0.514 e. The second-order valence-corrected chi connectivity index (χ2v) is 10.2. The average Bonchev–Trinajstić information content (AvgIpc) is 2.52. The van der Waals surface area contributed by atoms with Gasteiger partial charge in [-0.1, -0.05) is 0 Å². The van der Waals surface area contributed by atoms with Gasteiger partial charge in [0.15, 0.2) is 0 Å². The topological polar surface area (TPSA) is 74.7 Å². The van der Waals surface area contributed by atoms with Gasteiger partial charge in [-0.3, -0.25) is 0 Å². The average molecular weight is 474 g/mol. The van der Waals surface area contributed by atoms with Crippen LogP contribution in [0.2, 0.25) is 0 Å². The minimum Gasteiger partial charge on any atom is -0.435 e. The van der Waals surface area contributed by atoms with Crippen molar-refractivity contribution >= 4 is 32.0 Å². The zero-order valence-electron chi connectivity index (χ0n) is 15.0. The molecule has 27 heavy (non-hydrogen) atoms. The fraction of sp³-hybridized carbons (Fsp3) is 0.562. The molecule has 0 unspecified atom stereocenters. The molecule has 11 heteroatoms. The first-order valence-electron chi connectivity index (χ1n) is 8.10. The summed E-state index contributed by atoms with van der Waals surface area (Å²) in [6.07, 6.45) is -5.73. The molecule has 1 heterocycles. The van der Waals surface area contributed by atoms with E-state index in [1.807, 2.05) is 0 Å². The molecule has 1 aromatic carbocycles. The van der Waals surface area contributed by atoms with Gasteiger partial charge >= 0.3 is 12.3 Å². The molecule has 1 amide bonds. The van der Waals surface area contributed by atoms with Crippen LogP contribution in [0.5, 0.6) is 0 Å². The van der Waals surface area contributed by atoms with Gasteiger partial charge in [0.05, 0.1) is 23.5 Å². The van der Waals surface area contributed by atoms with Crippen LogP contribution < -0.4 is 0 Å². The van der Waals surface area contributed by atoms with Gasteiger partial charge in [0.1, 0.15) is 18.6 Å². The highest BCUT2D eigenvalue weighted by molar-refractivity contribution is 9.10. The van der Waals surface area contributed by atoms with Crippen molar-refractivity contribution in [2.45, 2.75) is 37.4 Å². The third-order valence-electron chi connectivity index (χ3n) is 4.99. The number of sulfonamides is 1. The molecule has 0 bridgehead atoms. The lowest BCUT2D eigenvalue weighted by molar-refractivity contribution is -0.906. The quantitative estimate of drug-likeness (QED) is 0.663. The molecule has 0 saturated carbocycles. The summed E-state index contributed by atoms with van der Waals surface area (Å²) < 4.78 is 65.4. The van der Waals surface area contributed by atoms with Crippen LogP contribution in [0.1, 0.15) is 26.3 Å². The Balaban J connectivity index is 2.37. The van der Waals surface area contributed by atoms with Gasteiger partial charge in [-0.15, -0.1) is 0 Å². The van der Waals surface area contributed by atoms with Crippen molar-refractivity contribution in [3.63, 3.8) is 0 Å². The molecular weight excluding hydrogens is 453 g/mol. The van der Waals surface area contributed by atoms with Gasteiger partial charge in [0, 0.05) is 4.47 Å². The highest BCUT2D eigenvalue weighted by Crippen LogP contribution is 2.36. The number of halogens is 4. The molecule has 2 rings (SSSR count). The summed E-state index contributed by atoms with van der Waals surface area (Å²) in [5, 5.41) is 9.67. The molecule has 1 aliphatic rings. The largest absolute Gasteiger partial charge is 0.514 e. The van der Waals surface area contributed by atoms with Crippen LogP contribution in [0.4, 0.5) is 18.0 Å². The third-order valence-corrected chi connectivity index (χ3v) is 7.88. The van der Waals surface area contributed by atoms with Gasteiger partial charge in [0.2, 0.25) is 10.0 Å². The molecular formula is C16H21BrF3N2O4S+. The highest BCUT2D eigenvalue weighted by atomic mass is 79.9. The minimum atomic E-state index is -4.67. The number of hydrogen-bond donors (Lipinski definition) is 1. The third kappa shape index (κ3) is 4.01. The maximum atomic E-state index is 13.0. The number of rotatable bonds is 2. The first-order valence-corrected chi connectivity index (χ1v) is 10.3. The van der Waals surface area contributed by atoms with Gasteiger partial charge in [-0.2, -0.15) is 22.3 Å². The van der Waals surface area contributed by atoms with Crippen molar-refractivity contribution < 1.29 is 36.0 Å². The second kappa shape index (κ2) is 7.02. The van der Waals surface area contributed by atoms with E-state index in [0.29, 0.717) is 6.07 Å². The van der Waals surface area contributed by atoms with Gasteiger partial charge in [-0.05, 0) is 54.9 Å². The molecule has 0 spiro atoms. The van der Waals surface area contributed by atoms with E-state index in [1.165, 1.54) is 0 Å². The Morgan fingerprint density at radius 2 is 1.70 bits per heavy atom. The Labute approximate surface area is 164 Å². The van der Waals surface area contributed by atoms with Crippen LogP contribution in [-0.4, -0.2) is 60.1 Å². The first-order chi connectivity index (χ1) is 12.1. The Hall–Kier alpha value is -1.17. The monoisotopic (exact) mass is 473 g/mol. The molecule has 1 saturated heterocycles. The summed E-state index contributed by atoms with van der Waals surface area (Å²) in [6.45, 7) is 5.12. The number of alkyl halides is 3. The predicted octanol–water partition coefficient (Wildman–Crippen LogP) is 3.77. The number of benzene rings is 1. The summed E-state index contributed by atoms with van der Waals surface area (Å²) in [7, 11) is -4.21. The molecule has 1 fully saturated rings. The smallest absolute Gasteiger partial charge is 0.435 e. The Kier molecular flexibility index (Phi) is 5.75. The summed E-state index contributed by atoms with van der Waals surface area (Å²) in [5.41, 5.74) is -1.72. The lowest BCUT2D eigenvalue weighted by Crippen LogP contribution is -2.70. The van der Waals surface area contributed by atoms with Crippen LogP contribution in [0.25, 0.3) is 0 Å². The Morgan fingerprint density at radius 1 is 1.19 bits per heavy atom. The van der Waals surface area contributed by atoms with Gasteiger partial charge < -0.3 is 5.11 Å². The maximum absolute atomic E-state index is 13.0. The van der Waals surface area contributed by atoms with Crippen LogP contribution in [0, 0.1) is 0 Å². The van der Waals surface area contributed by atoms with Gasteiger partial charge in [0.25, 0.3) is 0 Å². The molecule has 0 radical (unpaired) electrons. The molecule has 1 aliphatic heterocycles. The summed E-state index contributed by atoms with van der Waals surface area (Å²) >= 11 is 3.01. The van der Waals surface area contributed by atoms with Crippen molar-refractivity contribution in [1.29, 1.82) is 0 Å². The van der Waals surface area contributed by atoms with Crippen LogP contribution in [0.15, 0.2) is 27.6 Å². The second-order valence-electron chi connectivity index (χ2n) is 7.42. The minimum absolute atomic E-state index is 0.0225. The summed E-state index contributed by atoms with van der Waals surface area (Å²) in [5.74, 6) is 0. The highest BCUT2D eigenvalue weighted by Gasteiger charge is 2.51. The Bertz CT molecular complexity index is 842. The van der Waals surface area contributed by atoms with E-state index in [0.717, 1.165) is 16.4 Å². The van der Waals surface area contributed by atoms with E-state index < -0.39 is 38.3 Å². The van der Waals surface area contributed by atoms with E-state index in [1.54, 1.807) is 20.8 Å². The van der Waals surface area contributed by atoms with Gasteiger partial charge in [-0.25, -0.2) is 12.9 Å². The van der Waals surface area contributed by atoms with Crippen molar-refractivity contribution in [3.8, 4) is 0 Å². The lowest BCUT2D eigenvalue weighted by Gasteiger charge is -2.47. The number of quaternary nitrogens is 1. The lowest BCUT2D eigenvalue weighted by atomic mass is 10.0. The predicted molar refractivity (Wildman–Crippen MR) is 95.7 cm³/mol. The number of carboxylic acid groups (broad SMARTS) is 1. The standard InChI is InChI=1S/C16H20BrF3N2O4S/c1-15(2,3)22(14(23)24)8-6-21(7-9-22)27(25,26)13-10-11(16(18,19)20)4-5-12(13)17/h4-5,10H,6-9H2,1-3H3/p+1. The SMILES string of the molecule is CC(C)(C)[N+]1(C(=O)O)CCN(S(=O)(=O)c2cc(C(F)(F)F)ccc2Br)CC1. The number of hydrogen-bond acceptors (Lipinski definition) is 3. The first kappa shape index (κ1) is 22.1. The summed E-state index contributed by atoms with van der Waals surface area (Å²) in [4.78, 5) is 11.3. The number of piperazine rings is 1. The van der Waals surface area contributed by atoms with Crippen molar-refractivity contribution in [2.24, 2.45) is 0 Å². The molecule has 152 valence electrons. The Morgan fingerprint density at radius 3 is 2.11 bits per heavy atom. The molecule has 6 nitrogen and oxygen atoms in total. The molecule has 0 aromatic heterocycles. The zero-order valence-corrected chi connectivity index (χ0v) is 17.4. The van der Waals surface area contributed by atoms with Crippen molar-refractivity contribution in [3.05, 3.63) is 28.2 Å². The van der Waals surface area contributed by atoms with E-state index in [2.05, 4.69) is 15.9 Å². The van der Waals surface area contributed by atoms with E-state index >= 15 is 0 Å². The normalized spacial score (nSPS) is 19.1. The molecule has 0 atom stereocenters. The van der Waals surface area contributed by atoms with E-state index in [-0.39, 0.29) is 35.1 Å². The van der Waals surface area contributed by atoms with E-state index in [4.69, 9.17) is 0 Å². The molecule has 1 N–H and O–H groups in total.